The fourth-order valence-electron chi connectivity index (χ4n) is 1.47. The summed E-state index contributed by atoms with van der Waals surface area (Å²) in [6, 6.07) is 3.51. The average molecular weight is 340 g/mol. The van der Waals surface area contributed by atoms with Crippen LogP contribution >= 0.6 is 11.6 Å². The first-order valence-corrected chi connectivity index (χ1v) is 7.19. The van der Waals surface area contributed by atoms with Crippen molar-refractivity contribution in [1.82, 2.24) is 0 Å². The van der Waals surface area contributed by atoms with Gasteiger partial charge in [-0.15, -0.1) is 0 Å². The summed E-state index contributed by atoms with van der Waals surface area (Å²) in [5, 5.41) is -0.436. The summed E-state index contributed by atoms with van der Waals surface area (Å²) in [6.07, 6.45) is 0. The summed E-state index contributed by atoms with van der Waals surface area (Å²) < 4.78 is 77.5. The Morgan fingerprint density at radius 1 is 0.905 bits per heavy atom. The smallest absolute Gasteiger partial charge is 0.261 e. The molecule has 0 amide bonds. The van der Waals surface area contributed by atoms with Gasteiger partial charge in [-0.05, 0) is 18.2 Å². The van der Waals surface area contributed by atoms with Gasteiger partial charge in [0.1, 0.15) is 5.82 Å². The molecule has 0 saturated heterocycles. The predicted octanol–water partition coefficient (Wildman–Crippen LogP) is 3.70. The lowest BCUT2D eigenvalue weighted by atomic mass is 10.3. The van der Waals surface area contributed by atoms with Gasteiger partial charge in [0, 0.05) is 12.1 Å². The zero-order valence-corrected chi connectivity index (χ0v) is 11.6. The van der Waals surface area contributed by atoms with Gasteiger partial charge in [0.2, 0.25) is 0 Å². The predicted molar refractivity (Wildman–Crippen MR) is 68.5 cm³/mol. The van der Waals surface area contributed by atoms with Crippen molar-refractivity contribution in [2.45, 2.75) is 4.90 Å². The molecule has 0 aliphatic rings. The Kier molecular flexibility index (Phi) is 4.11. The van der Waals surface area contributed by atoms with E-state index in [1.165, 1.54) is 0 Å². The maximum atomic E-state index is 13.0. The fraction of sp³-hybridized carbons (Fsp3) is 0. The average Bonchev–Trinajstić information content (AvgIpc) is 2.38. The van der Waals surface area contributed by atoms with Gasteiger partial charge in [-0.1, -0.05) is 11.6 Å². The maximum absolute atomic E-state index is 13.0. The van der Waals surface area contributed by atoms with Gasteiger partial charge in [-0.25, -0.2) is 26.0 Å². The molecule has 0 aliphatic carbocycles. The minimum absolute atomic E-state index is 0.418. The molecule has 0 spiro atoms. The Labute approximate surface area is 122 Å². The van der Waals surface area contributed by atoms with E-state index in [1.54, 1.807) is 0 Å². The zero-order chi connectivity index (χ0) is 15.8. The Morgan fingerprint density at radius 2 is 1.48 bits per heavy atom. The molecular formula is C12H6ClF4NO2S. The van der Waals surface area contributed by atoms with Gasteiger partial charge >= 0.3 is 0 Å². The van der Waals surface area contributed by atoms with Gasteiger partial charge in [0.15, 0.2) is 17.5 Å². The van der Waals surface area contributed by atoms with Crippen molar-refractivity contribution in [2.24, 2.45) is 0 Å². The summed E-state index contributed by atoms with van der Waals surface area (Å²) in [5.74, 6) is -5.65. The van der Waals surface area contributed by atoms with E-state index < -0.39 is 48.9 Å². The minimum Gasteiger partial charge on any atom is -0.279 e. The van der Waals surface area contributed by atoms with Crippen LogP contribution in [0.5, 0.6) is 0 Å². The molecule has 2 rings (SSSR count). The molecule has 2 aromatic carbocycles. The van der Waals surface area contributed by atoms with E-state index >= 15 is 0 Å². The van der Waals surface area contributed by atoms with Crippen LogP contribution in [0.3, 0.4) is 0 Å². The third-order valence-electron chi connectivity index (χ3n) is 2.44. The van der Waals surface area contributed by atoms with Gasteiger partial charge in [0.05, 0.1) is 15.6 Å². The molecular weight excluding hydrogens is 334 g/mol. The van der Waals surface area contributed by atoms with Crippen molar-refractivity contribution in [3.8, 4) is 0 Å². The summed E-state index contributed by atoms with van der Waals surface area (Å²) in [4.78, 5) is -0.418. The van der Waals surface area contributed by atoms with Crippen LogP contribution in [0.25, 0.3) is 0 Å². The summed E-state index contributed by atoms with van der Waals surface area (Å²) in [7, 11) is -4.26. The second-order valence-corrected chi connectivity index (χ2v) is 6.02. The van der Waals surface area contributed by atoms with Crippen molar-refractivity contribution in [3.05, 3.63) is 58.6 Å². The first-order chi connectivity index (χ1) is 9.70. The van der Waals surface area contributed by atoms with Crippen molar-refractivity contribution in [3.63, 3.8) is 0 Å². The molecule has 112 valence electrons. The molecule has 0 fully saturated rings. The second kappa shape index (κ2) is 5.53. The summed E-state index contributed by atoms with van der Waals surface area (Å²) in [6.45, 7) is 0. The number of hydrogen-bond donors (Lipinski definition) is 1. The van der Waals surface area contributed by atoms with Crippen molar-refractivity contribution in [1.29, 1.82) is 0 Å². The highest BCUT2D eigenvalue weighted by Crippen LogP contribution is 2.23. The van der Waals surface area contributed by atoms with E-state index in [4.69, 9.17) is 11.6 Å². The number of anilines is 1. The van der Waals surface area contributed by atoms with E-state index in [0.29, 0.717) is 12.1 Å². The highest BCUT2D eigenvalue weighted by Gasteiger charge is 2.18. The second-order valence-electron chi connectivity index (χ2n) is 3.94. The Bertz CT molecular complexity index is 788. The quantitative estimate of drug-likeness (QED) is 0.684. The lowest BCUT2D eigenvalue weighted by Crippen LogP contribution is -2.13. The van der Waals surface area contributed by atoms with Crippen LogP contribution < -0.4 is 4.72 Å². The van der Waals surface area contributed by atoms with Gasteiger partial charge in [0.25, 0.3) is 10.0 Å². The van der Waals surface area contributed by atoms with Gasteiger partial charge in [-0.3, -0.25) is 4.72 Å². The van der Waals surface area contributed by atoms with Gasteiger partial charge in [-0.2, -0.15) is 0 Å². The number of benzene rings is 2. The van der Waals surface area contributed by atoms with E-state index in [-0.39, 0.29) is 0 Å². The fourth-order valence-corrected chi connectivity index (χ4v) is 2.78. The highest BCUT2D eigenvalue weighted by molar-refractivity contribution is 7.92. The monoisotopic (exact) mass is 339 g/mol. The molecule has 0 unspecified atom stereocenters. The van der Waals surface area contributed by atoms with E-state index in [2.05, 4.69) is 0 Å². The molecule has 0 heterocycles. The third kappa shape index (κ3) is 3.27. The molecule has 0 saturated carbocycles. The molecule has 0 radical (unpaired) electrons. The Balaban J connectivity index is 2.39. The van der Waals surface area contributed by atoms with Crippen LogP contribution in [0.15, 0.2) is 35.2 Å². The lowest BCUT2D eigenvalue weighted by molar-refractivity contribution is 0.448. The van der Waals surface area contributed by atoms with E-state index in [9.17, 15) is 26.0 Å². The largest absolute Gasteiger partial charge is 0.279 e. The van der Waals surface area contributed by atoms with Crippen LogP contribution in [0.4, 0.5) is 23.2 Å². The van der Waals surface area contributed by atoms with Crippen LogP contribution in [-0.4, -0.2) is 8.42 Å². The van der Waals surface area contributed by atoms with Crippen LogP contribution in [0.2, 0.25) is 5.02 Å². The molecule has 0 aromatic heterocycles. The molecule has 9 heteroatoms. The Morgan fingerprint density at radius 3 is 2.00 bits per heavy atom. The van der Waals surface area contributed by atoms with E-state index in [1.807, 2.05) is 4.72 Å². The van der Waals surface area contributed by atoms with Crippen LogP contribution in [-0.2, 0) is 10.0 Å². The third-order valence-corrected chi connectivity index (χ3v) is 4.11. The Hall–Kier alpha value is -1.80. The number of halogens is 5. The topological polar surface area (TPSA) is 46.2 Å². The highest BCUT2D eigenvalue weighted by atomic mass is 35.5. The van der Waals surface area contributed by atoms with Gasteiger partial charge < -0.3 is 0 Å². The van der Waals surface area contributed by atoms with Crippen LogP contribution in [0.1, 0.15) is 0 Å². The number of sulfonamides is 1. The molecule has 0 bridgehead atoms. The van der Waals surface area contributed by atoms with Crippen molar-refractivity contribution >= 4 is 27.3 Å². The number of nitrogens with one attached hydrogen (secondary N) is 1. The first-order valence-electron chi connectivity index (χ1n) is 5.33. The maximum Gasteiger partial charge on any atom is 0.261 e. The summed E-state index contributed by atoms with van der Waals surface area (Å²) >= 11 is 5.46. The molecule has 0 atom stereocenters. The lowest BCUT2D eigenvalue weighted by Gasteiger charge is -2.09. The normalized spacial score (nSPS) is 11.5. The van der Waals surface area contributed by atoms with Crippen molar-refractivity contribution < 1.29 is 26.0 Å². The molecule has 21 heavy (non-hydrogen) atoms. The molecule has 1 N–H and O–H groups in total. The summed E-state index contributed by atoms with van der Waals surface area (Å²) in [5.41, 5.74) is -0.521. The van der Waals surface area contributed by atoms with E-state index in [0.717, 1.165) is 18.2 Å². The number of rotatable bonds is 3. The zero-order valence-electron chi connectivity index (χ0n) is 10.0. The van der Waals surface area contributed by atoms with Crippen LogP contribution in [0, 0.1) is 23.3 Å². The number of hydrogen-bond acceptors (Lipinski definition) is 2. The minimum atomic E-state index is -4.26. The SMILES string of the molecule is O=S(=O)(Nc1cc(F)c(F)c(F)c1)c1ccc(F)c(Cl)c1. The van der Waals surface area contributed by atoms with Crippen molar-refractivity contribution in [2.75, 3.05) is 4.72 Å². The molecule has 0 aliphatic heterocycles. The standard InChI is InChI=1S/C12H6ClF4NO2S/c13-8-5-7(1-2-9(8)14)21(19,20)18-6-3-10(15)12(17)11(16)4-6/h1-5,18H. The molecule has 2 aromatic rings. The molecule has 3 nitrogen and oxygen atoms in total. The first kappa shape index (κ1) is 15.6.